The second-order valence-electron chi connectivity index (χ2n) is 8.36. The average Bonchev–Trinajstić information content (AvgIpc) is 2.69. The number of sulfone groups is 1. The van der Waals surface area contributed by atoms with Crippen LogP contribution in [-0.2, 0) is 15.5 Å². The van der Waals surface area contributed by atoms with Gasteiger partial charge < -0.3 is 11.1 Å². The quantitative estimate of drug-likeness (QED) is 0.459. The molecule has 3 N–H and O–H groups in total. The first-order valence-corrected chi connectivity index (χ1v) is 12.6. The number of primary amides is 1. The van der Waals surface area contributed by atoms with Crippen LogP contribution in [0.25, 0.3) is 11.1 Å². The molecular weight excluding hydrogens is 557 g/mol. The molecule has 1 unspecified atom stereocenters. The van der Waals surface area contributed by atoms with E-state index in [-0.39, 0.29) is 28.3 Å². The molecule has 6 nitrogen and oxygen atoms in total. The summed E-state index contributed by atoms with van der Waals surface area (Å²) in [6.07, 6.45) is -11.7. The fourth-order valence-corrected chi connectivity index (χ4v) is 5.02. The van der Waals surface area contributed by atoms with E-state index in [1.54, 1.807) is 0 Å². The van der Waals surface area contributed by atoms with E-state index in [9.17, 15) is 48.7 Å². The van der Waals surface area contributed by atoms with Gasteiger partial charge in [-0.05, 0) is 31.0 Å². The van der Waals surface area contributed by atoms with Gasteiger partial charge in [0.25, 0.3) is 5.91 Å². The van der Waals surface area contributed by atoms with Crippen LogP contribution in [0.3, 0.4) is 0 Å². The standard InChI is InChI=1S/C22H20ClF7N2O4S/c1-10-8-12(20(24,21(25,26)27)22(28,29)30)4-5-13(10)14-6-7-15(18(31)33)16(17(14)23)19(34)32-11(2)9-37(3,35)36/h4-8,11H,9H2,1-3H3,(H2,31,33)(H,32,34). The lowest BCUT2D eigenvalue weighted by atomic mass is 9.89. The number of nitrogens with one attached hydrogen (secondary N) is 1. The van der Waals surface area contributed by atoms with E-state index in [4.69, 9.17) is 17.3 Å². The first-order chi connectivity index (χ1) is 16.6. The van der Waals surface area contributed by atoms with Gasteiger partial charge in [-0.15, -0.1) is 0 Å². The van der Waals surface area contributed by atoms with E-state index in [2.05, 4.69) is 5.32 Å². The zero-order chi connectivity index (χ0) is 28.7. The number of hydrogen-bond acceptors (Lipinski definition) is 4. The molecule has 2 aromatic rings. The highest BCUT2D eigenvalue weighted by molar-refractivity contribution is 7.90. The topological polar surface area (TPSA) is 106 Å². The molecule has 2 aromatic carbocycles. The fraction of sp³-hybridized carbons (Fsp3) is 0.364. The zero-order valence-electron chi connectivity index (χ0n) is 19.3. The van der Waals surface area contributed by atoms with Crippen molar-refractivity contribution in [3.8, 4) is 11.1 Å². The summed E-state index contributed by atoms with van der Waals surface area (Å²) in [6.45, 7) is 2.45. The highest BCUT2D eigenvalue weighted by Gasteiger charge is 2.73. The number of halogens is 8. The van der Waals surface area contributed by atoms with Crippen LogP contribution in [0, 0.1) is 6.92 Å². The van der Waals surface area contributed by atoms with Crippen molar-refractivity contribution >= 4 is 33.3 Å². The molecule has 0 aliphatic rings. The van der Waals surface area contributed by atoms with Gasteiger partial charge >= 0.3 is 18.0 Å². The maximum atomic E-state index is 14.5. The van der Waals surface area contributed by atoms with Gasteiger partial charge in [-0.1, -0.05) is 35.9 Å². The van der Waals surface area contributed by atoms with Gasteiger partial charge in [-0.3, -0.25) is 9.59 Å². The number of amides is 2. The van der Waals surface area contributed by atoms with Gasteiger partial charge in [0, 0.05) is 23.4 Å². The Balaban J connectivity index is 2.67. The van der Waals surface area contributed by atoms with Crippen molar-refractivity contribution in [2.45, 2.75) is 37.9 Å². The summed E-state index contributed by atoms with van der Waals surface area (Å²) in [5, 5.41) is 1.88. The number of nitrogens with two attached hydrogens (primary N) is 1. The van der Waals surface area contributed by atoms with E-state index >= 15 is 0 Å². The molecule has 0 bridgehead atoms. The summed E-state index contributed by atoms with van der Waals surface area (Å²) < 4.78 is 116. The van der Waals surface area contributed by atoms with Crippen LogP contribution in [0.15, 0.2) is 30.3 Å². The minimum Gasteiger partial charge on any atom is -0.366 e. The van der Waals surface area contributed by atoms with Gasteiger partial charge in [0.1, 0.15) is 9.84 Å². The summed E-state index contributed by atoms with van der Waals surface area (Å²) >= 11 is 6.33. The second kappa shape index (κ2) is 10.1. The molecule has 1 atom stereocenters. The van der Waals surface area contributed by atoms with E-state index in [1.165, 1.54) is 6.92 Å². The number of rotatable bonds is 7. The lowest BCUT2D eigenvalue weighted by Crippen LogP contribution is -2.50. The van der Waals surface area contributed by atoms with E-state index < -0.39 is 67.6 Å². The molecule has 0 spiro atoms. The minimum atomic E-state index is -6.31. The average molecular weight is 577 g/mol. The van der Waals surface area contributed by atoms with Gasteiger partial charge in [0.15, 0.2) is 0 Å². The molecule has 0 aliphatic heterocycles. The molecule has 0 aromatic heterocycles. The summed E-state index contributed by atoms with van der Waals surface area (Å²) in [5.74, 6) is -2.58. The number of carbonyl (C=O) groups excluding carboxylic acids is 2. The van der Waals surface area contributed by atoms with Gasteiger partial charge in [0.2, 0.25) is 5.91 Å². The Kier molecular flexibility index (Phi) is 8.30. The minimum absolute atomic E-state index is 0.0743. The predicted molar refractivity (Wildman–Crippen MR) is 122 cm³/mol. The van der Waals surface area contributed by atoms with Crippen molar-refractivity contribution in [1.82, 2.24) is 5.32 Å². The second-order valence-corrected chi connectivity index (χ2v) is 10.9. The first kappa shape index (κ1) is 30.4. The Morgan fingerprint density at radius 1 is 1.00 bits per heavy atom. The molecule has 204 valence electrons. The Morgan fingerprint density at radius 2 is 1.51 bits per heavy atom. The van der Waals surface area contributed by atoms with Crippen LogP contribution in [0.1, 0.15) is 38.8 Å². The molecule has 0 saturated carbocycles. The van der Waals surface area contributed by atoms with Gasteiger partial charge in [-0.25, -0.2) is 12.8 Å². The van der Waals surface area contributed by atoms with Crippen LogP contribution in [0.2, 0.25) is 5.02 Å². The van der Waals surface area contributed by atoms with Crippen molar-refractivity contribution in [3.63, 3.8) is 0 Å². The smallest absolute Gasteiger partial charge is 0.366 e. The molecule has 37 heavy (non-hydrogen) atoms. The third-order valence-electron chi connectivity index (χ3n) is 5.26. The summed E-state index contributed by atoms with van der Waals surface area (Å²) in [4.78, 5) is 24.7. The fourth-order valence-electron chi connectivity index (χ4n) is 3.67. The molecule has 15 heteroatoms. The number of aryl methyl sites for hydroxylation is 1. The van der Waals surface area contributed by atoms with Crippen LogP contribution in [0.5, 0.6) is 0 Å². The SMILES string of the molecule is Cc1cc(C(F)(C(F)(F)F)C(F)(F)F)ccc1-c1ccc(C(N)=O)c(C(=O)NC(C)CS(C)(=O)=O)c1Cl. The Labute approximate surface area is 211 Å². The van der Waals surface area contributed by atoms with Crippen molar-refractivity contribution in [2.75, 3.05) is 12.0 Å². The number of benzene rings is 2. The van der Waals surface area contributed by atoms with E-state index in [0.717, 1.165) is 31.4 Å². The molecule has 2 rings (SSSR count). The van der Waals surface area contributed by atoms with Crippen LogP contribution in [-0.4, -0.2) is 50.6 Å². The zero-order valence-corrected chi connectivity index (χ0v) is 20.9. The van der Waals surface area contributed by atoms with Crippen LogP contribution < -0.4 is 11.1 Å². The highest BCUT2D eigenvalue weighted by atomic mass is 35.5. The van der Waals surface area contributed by atoms with Crippen molar-refractivity contribution in [3.05, 3.63) is 57.6 Å². The molecule has 0 fully saturated rings. The van der Waals surface area contributed by atoms with Crippen molar-refractivity contribution in [2.24, 2.45) is 5.73 Å². The molecule has 0 saturated heterocycles. The Bertz CT molecular complexity index is 1330. The first-order valence-electron chi connectivity index (χ1n) is 10.2. The lowest BCUT2D eigenvalue weighted by Gasteiger charge is -2.30. The number of alkyl halides is 7. The summed E-state index contributed by atoms with van der Waals surface area (Å²) in [6, 6.07) is 2.66. The van der Waals surface area contributed by atoms with E-state index in [1.807, 2.05) is 0 Å². The molecule has 0 radical (unpaired) electrons. The predicted octanol–water partition coefficient (Wildman–Crippen LogP) is 4.87. The molecule has 0 heterocycles. The summed E-state index contributed by atoms with van der Waals surface area (Å²) in [5.41, 5.74) is -3.39. The summed E-state index contributed by atoms with van der Waals surface area (Å²) in [7, 11) is -3.51. The third kappa shape index (κ3) is 6.17. The highest BCUT2D eigenvalue weighted by Crippen LogP contribution is 2.53. The maximum Gasteiger partial charge on any atom is 0.435 e. The Hall–Kier alpha value is -2.87. The number of carbonyl (C=O) groups is 2. The van der Waals surface area contributed by atoms with Crippen LogP contribution >= 0.6 is 11.6 Å². The molecule has 0 aliphatic carbocycles. The third-order valence-corrected chi connectivity index (χ3v) is 6.76. The lowest BCUT2D eigenvalue weighted by molar-refractivity contribution is -0.348. The maximum absolute atomic E-state index is 14.5. The van der Waals surface area contributed by atoms with Gasteiger partial charge in [-0.2, -0.15) is 26.3 Å². The van der Waals surface area contributed by atoms with Crippen molar-refractivity contribution in [1.29, 1.82) is 0 Å². The van der Waals surface area contributed by atoms with E-state index in [0.29, 0.717) is 6.07 Å². The van der Waals surface area contributed by atoms with Gasteiger partial charge in [0.05, 0.1) is 21.9 Å². The Morgan fingerprint density at radius 3 is 1.95 bits per heavy atom. The largest absolute Gasteiger partial charge is 0.435 e. The van der Waals surface area contributed by atoms with Crippen LogP contribution in [0.4, 0.5) is 30.7 Å². The molecular formula is C22H20ClF7N2O4S. The molecule has 2 amide bonds. The number of hydrogen-bond donors (Lipinski definition) is 2. The monoisotopic (exact) mass is 576 g/mol. The van der Waals surface area contributed by atoms with Crippen molar-refractivity contribution < 1.29 is 48.7 Å². The normalized spacial score (nSPS) is 13.8.